The number of carbonyl (C=O) groups excluding carboxylic acids is 3. The fraction of sp³-hybridized carbons (Fsp3) is 0.395. The smallest absolute Gasteiger partial charge is 0.245 e. The summed E-state index contributed by atoms with van der Waals surface area (Å²) in [5.74, 6) is -0.893. The second kappa shape index (κ2) is 19.6. The first-order valence-electron chi connectivity index (χ1n) is 19.6. The molecule has 4 aromatic rings. The molecule has 56 heavy (non-hydrogen) atoms. The van der Waals surface area contributed by atoms with Crippen molar-refractivity contribution in [1.29, 1.82) is 0 Å². The van der Waals surface area contributed by atoms with Gasteiger partial charge < -0.3 is 37.3 Å². The number of nitrogens with one attached hydrogen (secondary N) is 4. The number of benzene rings is 2. The maximum Gasteiger partial charge on any atom is 0.245 e. The first kappa shape index (κ1) is 41.2. The summed E-state index contributed by atoms with van der Waals surface area (Å²) < 4.78 is 0. The Hall–Kier alpha value is -4.40. The second-order valence-electron chi connectivity index (χ2n) is 14.6. The number of carbonyl (C=O) groups is 3. The largest absolute Gasteiger partial charge is 0.361 e. The fourth-order valence-corrected chi connectivity index (χ4v) is 8.76. The van der Waals surface area contributed by atoms with Gasteiger partial charge in [-0.25, -0.2) is 4.98 Å². The third-order valence-electron chi connectivity index (χ3n) is 10.7. The third kappa shape index (κ3) is 9.93. The molecule has 6 rings (SSSR count). The zero-order valence-corrected chi connectivity index (χ0v) is 34.0. The van der Waals surface area contributed by atoms with E-state index in [2.05, 4.69) is 64.8 Å². The number of aryl methyl sites for hydroxylation is 1. The van der Waals surface area contributed by atoms with Gasteiger partial charge in [0, 0.05) is 54.4 Å². The summed E-state index contributed by atoms with van der Waals surface area (Å²) in [5, 5.41) is 10.6. The van der Waals surface area contributed by atoms with Gasteiger partial charge in [-0.05, 0) is 128 Å². The van der Waals surface area contributed by atoms with E-state index in [9.17, 15) is 14.4 Å². The zero-order valence-electron chi connectivity index (χ0n) is 32.3. The SMILES string of the molecule is Cc1ccc(-c2ccc(S)cc2)c2c1Sc1ncccc1CNC(CCCN)C(=O)NC(CCCCN)C(=O)N(C)C(Cc1c[nH]c3c1CCC=C3)C(=O)NC2. The highest BCUT2D eigenvalue weighted by Crippen LogP contribution is 2.39. The number of hydrogen-bond acceptors (Lipinski definition) is 9. The molecule has 2 aromatic heterocycles. The summed E-state index contributed by atoms with van der Waals surface area (Å²) in [4.78, 5) is 55.0. The fourth-order valence-electron chi connectivity index (χ4n) is 7.50. The number of amides is 3. The number of fused-ring (bicyclic) bond motifs is 3. The maximum absolute atomic E-state index is 14.7. The summed E-state index contributed by atoms with van der Waals surface area (Å²) in [7, 11) is 1.67. The lowest BCUT2D eigenvalue weighted by atomic mass is 9.95. The van der Waals surface area contributed by atoms with Crippen molar-refractivity contribution in [1.82, 2.24) is 30.8 Å². The highest BCUT2D eigenvalue weighted by atomic mass is 32.2. The topological polar surface area (TPSA) is 171 Å². The van der Waals surface area contributed by atoms with Crippen molar-refractivity contribution in [3.8, 4) is 11.1 Å². The Balaban J connectivity index is 1.46. The lowest BCUT2D eigenvalue weighted by Crippen LogP contribution is -2.57. The summed E-state index contributed by atoms with van der Waals surface area (Å²) in [6.07, 6.45) is 12.8. The second-order valence-corrected chi connectivity index (χ2v) is 16.1. The van der Waals surface area contributed by atoms with E-state index < -0.39 is 18.1 Å². The Morgan fingerprint density at radius 3 is 2.50 bits per heavy atom. The van der Waals surface area contributed by atoms with Crippen LogP contribution >= 0.6 is 24.4 Å². The van der Waals surface area contributed by atoms with Crippen LogP contribution in [-0.2, 0) is 40.3 Å². The number of H-pyrrole nitrogens is 1. The molecule has 2 aromatic carbocycles. The molecule has 3 heterocycles. The molecule has 11 nitrogen and oxygen atoms in total. The Morgan fingerprint density at radius 1 is 0.929 bits per heavy atom. The molecule has 0 spiro atoms. The first-order valence-corrected chi connectivity index (χ1v) is 20.8. The van der Waals surface area contributed by atoms with E-state index in [1.807, 2.05) is 42.6 Å². The first-order chi connectivity index (χ1) is 27.2. The van der Waals surface area contributed by atoms with Crippen LogP contribution < -0.4 is 27.4 Å². The van der Waals surface area contributed by atoms with E-state index in [0.29, 0.717) is 58.2 Å². The molecule has 0 bridgehead atoms. The Kier molecular flexibility index (Phi) is 14.5. The van der Waals surface area contributed by atoms with Crippen LogP contribution in [0.25, 0.3) is 17.2 Å². The van der Waals surface area contributed by atoms with Gasteiger partial charge in [-0.15, -0.1) is 12.6 Å². The van der Waals surface area contributed by atoms with E-state index in [-0.39, 0.29) is 24.3 Å². The van der Waals surface area contributed by atoms with Crippen molar-refractivity contribution in [2.75, 3.05) is 20.1 Å². The number of hydrogen-bond donors (Lipinski definition) is 7. The molecular weight excluding hydrogens is 741 g/mol. The minimum absolute atomic E-state index is 0.214. The summed E-state index contributed by atoms with van der Waals surface area (Å²) in [5.41, 5.74) is 19.8. The molecule has 3 unspecified atom stereocenters. The molecule has 2 aliphatic rings. The summed E-state index contributed by atoms with van der Waals surface area (Å²) in [6, 6.07) is 13.7. The van der Waals surface area contributed by atoms with Crippen molar-refractivity contribution >= 4 is 48.2 Å². The zero-order chi connectivity index (χ0) is 39.6. The van der Waals surface area contributed by atoms with Gasteiger partial charge in [0.05, 0.1) is 6.04 Å². The Morgan fingerprint density at radius 2 is 1.71 bits per heavy atom. The van der Waals surface area contributed by atoms with Crippen molar-refractivity contribution in [3.63, 3.8) is 0 Å². The van der Waals surface area contributed by atoms with Crippen LogP contribution in [0.5, 0.6) is 0 Å². The van der Waals surface area contributed by atoms with Gasteiger partial charge in [-0.2, -0.15) is 0 Å². The number of thiol groups is 1. The average Bonchev–Trinajstić information content (AvgIpc) is 3.62. The minimum Gasteiger partial charge on any atom is -0.361 e. The highest BCUT2D eigenvalue weighted by Gasteiger charge is 2.34. The van der Waals surface area contributed by atoms with Crippen molar-refractivity contribution in [2.45, 2.75) is 104 Å². The Bertz CT molecular complexity index is 2030. The van der Waals surface area contributed by atoms with Gasteiger partial charge in [0.15, 0.2) is 0 Å². The molecule has 3 amide bonds. The van der Waals surface area contributed by atoms with E-state index in [1.54, 1.807) is 25.0 Å². The van der Waals surface area contributed by atoms with Crippen LogP contribution in [0.2, 0.25) is 0 Å². The van der Waals surface area contributed by atoms with E-state index in [4.69, 9.17) is 16.5 Å². The van der Waals surface area contributed by atoms with Gasteiger partial charge in [0.2, 0.25) is 17.7 Å². The van der Waals surface area contributed by atoms with Gasteiger partial charge in [0.25, 0.3) is 0 Å². The molecule has 13 heteroatoms. The van der Waals surface area contributed by atoms with Crippen LogP contribution in [-0.4, -0.2) is 70.9 Å². The van der Waals surface area contributed by atoms with Crippen LogP contribution in [0, 0.1) is 6.92 Å². The number of aromatic nitrogens is 2. The van der Waals surface area contributed by atoms with Gasteiger partial charge >= 0.3 is 0 Å². The molecule has 8 N–H and O–H groups in total. The number of unbranched alkanes of at least 4 members (excludes halogenated alkanes) is 1. The van der Waals surface area contributed by atoms with Gasteiger partial charge in [-0.3, -0.25) is 14.4 Å². The van der Waals surface area contributed by atoms with E-state index in [1.165, 1.54) is 4.90 Å². The summed E-state index contributed by atoms with van der Waals surface area (Å²) >= 11 is 6.08. The number of aromatic amines is 1. The predicted molar refractivity (Wildman–Crippen MR) is 226 cm³/mol. The van der Waals surface area contributed by atoms with Crippen molar-refractivity contribution in [2.24, 2.45) is 11.5 Å². The molecule has 1 aliphatic carbocycles. The predicted octanol–water partition coefficient (Wildman–Crippen LogP) is 5.29. The third-order valence-corrected chi connectivity index (χ3v) is 12.4. The monoisotopic (exact) mass is 794 g/mol. The molecule has 0 saturated carbocycles. The van der Waals surface area contributed by atoms with E-state index >= 15 is 0 Å². The highest BCUT2D eigenvalue weighted by molar-refractivity contribution is 7.99. The minimum atomic E-state index is -0.862. The van der Waals surface area contributed by atoms with Gasteiger partial charge in [-0.1, -0.05) is 48.2 Å². The molecule has 296 valence electrons. The molecular formula is C43H54N8O3S2. The maximum atomic E-state index is 14.7. The number of pyridine rings is 1. The molecule has 3 atom stereocenters. The standard InChI is InChI=1S/C43H54N8O3S2/c1-27-14-19-32(28-15-17-31(55)18-16-28)34-26-49-41(53)38(23-30-25-47-35-11-4-3-10-33(30)35)51(2)43(54)37(12-5-6-20-44)50-40(52)36(13-7-21-45)48-24-29-9-8-22-46-42(29)56-39(27)34/h4,8-9,11,14-19,22,25,36-38,47-48,55H,3,5-7,10,12-13,20-21,23-24,26,44-45H2,1-2H3,(H,49,53)(H,50,52). The van der Waals surface area contributed by atoms with Crippen molar-refractivity contribution < 1.29 is 14.4 Å². The van der Waals surface area contributed by atoms with Crippen LogP contribution in [0.4, 0.5) is 0 Å². The van der Waals surface area contributed by atoms with E-state index in [0.717, 1.165) is 72.3 Å². The van der Waals surface area contributed by atoms with Gasteiger partial charge in [0.1, 0.15) is 17.1 Å². The number of rotatable bonds is 10. The number of likely N-dealkylation sites (N-methyl/N-ethyl adjacent to an activating group) is 1. The normalized spacial score (nSPS) is 19.4. The molecule has 0 fully saturated rings. The number of allylic oxidation sites excluding steroid dienone is 1. The molecule has 1 aliphatic heterocycles. The van der Waals surface area contributed by atoms with Crippen molar-refractivity contribution in [3.05, 3.63) is 101 Å². The van der Waals surface area contributed by atoms with Crippen LogP contribution in [0.15, 0.2) is 81.8 Å². The lowest BCUT2D eigenvalue weighted by Gasteiger charge is -2.32. The molecule has 0 saturated heterocycles. The number of nitrogens with two attached hydrogens (primary N) is 2. The number of nitrogens with zero attached hydrogens (tertiary/aromatic N) is 2. The summed E-state index contributed by atoms with van der Waals surface area (Å²) in [6.45, 7) is 3.54. The van der Waals surface area contributed by atoms with Crippen LogP contribution in [0.3, 0.4) is 0 Å². The lowest BCUT2D eigenvalue weighted by molar-refractivity contribution is -0.142. The molecule has 0 radical (unpaired) electrons. The average molecular weight is 795 g/mol. The Labute approximate surface area is 339 Å². The van der Waals surface area contributed by atoms with Crippen LogP contribution in [0.1, 0.15) is 72.0 Å². The quantitative estimate of drug-likeness (QED) is 0.0839.